The lowest BCUT2D eigenvalue weighted by molar-refractivity contribution is 0.315. The monoisotopic (exact) mass is 181 g/mol. The molecule has 0 aromatic carbocycles. The van der Waals surface area contributed by atoms with Gasteiger partial charge in [0.05, 0.1) is 0 Å². The molecule has 0 spiro atoms. The second-order valence-corrected chi connectivity index (χ2v) is 4.25. The number of allylic oxidation sites excluding steroid dienone is 1. The van der Waals surface area contributed by atoms with Crippen molar-refractivity contribution in [3.8, 4) is 0 Å². The van der Waals surface area contributed by atoms with E-state index in [0.29, 0.717) is 5.41 Å². The van der Waals surface area contributed by atoms with Crippen molar-refractivity contribution in [2.24, 2.45) is 5.41 Å². The first-order valence-corrected chi connectivity index (χ1v) is 5.68. The second-order valence-electron chi connectivity index (χ2n) is 4.25. The van der Waals surface area contributed by atoms with Gasteiger partial charge in [-0.05, 0) is 26.2 Å². The van der Waals surface area contributed by atoms with E-state index in [1.54, 1.807) is 0 Å². The van der Waals surface area contributed by atoms with Crippen molar-refractivity contribution in [2.75, 3.05) is 6.54 Å². The Kier molecular flexibility index (Phi) is 3.83. The molecule has 0 heterocycles. The van der Waals surface area contributed by atoms with Crippen LogP contribution in [0.2, 0.25) is 0 Å². The predicted molar refractivity (Wildman–Crippen MR) is 58.6 cm³/mol. The van der Waals surface area contributed by atoms with Crippen molar-refractivity contribution in [1.82, 2.24) is 5.32 Å². The largest absolute Gasteiger partial charge is 0.389 e. The van der Waals surface area contributed by atoms with E-state index in [9.17, 15) is 0 Å². The van der Waals surface area contributed by atoms with Crippen LogP contribution >= 0.6 is 0 Å². The molecular formula is C12H23N. The molecule has 1 saturated carbocycles. The van der Waals surface area contributed by atoms with Gasteiger partial charge >= 0.3 is 0 Å². The lowest BCUT2D eigenvalue weighted by Gasteiger charge is -2.31. The first kappa shape index (κ1) is 10.6. The third kappa shape index (κ3) is 2.26. The van der Waals surface area contributed by atoms with E-state index in [4.69, 9.17) is 0 Å². The summed E-state index contributed by atoms with van der Waals surface area (Å²) in [5.74, 6) is 0. The average molecular weight is 181 g/mol. The van der Waals surface area contributed by atoms with Gasteiger partial charge in [-0.15, -0.1) is 0 Å². The third-order valence-electron chi connectivity index (χ3n) is 3.32. The molecule has 0 saturated heterocycles. The van der Waals surface area contributed by atoms with Gasteiger partial charge in [0.15, 0.2) is 0 Å². The molecule has 1 nitrogen and oxygen atoms in total. The van der Waals surface area contributed by atoms with Gasteiger partial charge in [-0.1, -0.05) is 32.8 Å². The van der Waals surface area contributed by atoms with Crippen LogP contribution in [0.3, 0.4) is 0 Å². The van der Waals surface area contributed by atoms with E-state index in [1.165, 1.54) is 44.2 Å². The maximum atomic E-state index is 4.21. The van der Waals surface area contributed by atoms with Crippen LogP contribution in [-0.4, -0.2) is 6.54 Å². The minimum atomic E-state index is 0.449. The van der Waals surface area contributed by atoms with E-state index in [-0.39, 0.29) is 0 Å². The Labute approximate surface area is 82.6 Å². The molecule has 76 valence electrons. The van der Waals surface area contributed by atoms with Crippen LogP contribution in [-0.2, 0) is 0 Å². The van der Waals surface area contributed by atoms with Gasteiger partial charge in [0.25, 0.3) is 0 Å². The lowest BCUT2D eigenvalue weighted by Crippen LogP contribution is -2.28. The summed E-state index contributed by atoms with van der Waals surface area (Å²) >= 11 is 0. The molecule has 0 radical (unpaired) electrons. The molecular weight excluding hydrogens is 158 g/mol. The fourth-order valence-electron chi connectivity index (χ4n) is 2.63. The Morgan fingerprint density at radius 2 is 1.92 bits per heavy atom. The fourth-order valence-corrected chi connectivity index (χ4v) is 2.63. The molecule has 0 aromatic rings. The van der Waals surface area contributed by atoms with E-state index < -0.39 is 0 Å². The van der Waals surface area contributed by atoms with Crippen LogP contribution in [0.15, 0.2) is 12.3 Å². The van der Waals surface area contributed by atoms with Crippen molar-refractivity contribution in [3.63, 3.8) is 0 Å². The van der Waals surface area contributed by atoms with E-state index in [2.05, 4.69) is 25.7 Å². The lowest BCUT2D eigenvalue weighted by atomic mass is 9.79. The zero-order chi connectivity index (χ0) is 9.73. The minimum absolute atomic E-state index is 0.449. The smallest absolute Gasteiger partial charge is 0.0115 e. The van der Waals surface area contributed by atoms with Gasteiger partial charge in [-0.3, -0.25) is 0 Å². The van der Waals surface area contributed by atoms with Gasteiger partial charge in [-0.25, -0.2) is 0 Å². The Balaban J connectivity index is 2.60. The highest BCUT2D eigenvalue weighted by molar-refractivity contribution is 5.10. The standard InChI is InChI=1S/C12H23N/c1-4-8-12(9-6-7-10-12)11(3)13-5-2/h13H,3-10H2,1-2H3. The summed E-state index contributed by atoms with van der Waals surface area (Å²) in [5, 5.41) is 3.42. The van der Waals surface area contributed by atoms with Gasteiger partial charge in [-0.2, -0.15) is 0 Å². The summed E-state index contributed by atoms with van der Waals surface area (Å²) in [5.41, 5.74) is 1.75. The fraction of sp³-hybridized carbons (Fsp3) is 0.833. The van der Waals surface area contributed by atoms with E-state index >= 15 is 0 Å². The van der Waals surface area contributed by atoms with Crippen molar-refractivity contribution in [3.05, 3.63) is 12.3 Å². The summed E-state index contributed by atoms with van der Waals surface area (Å²) < 4.78 is 0. The highest BCUT2D eigenvalue weighted by Gasteiger charge is 2.35. The molecule has 0 bridgehead atoms. The Bertz CT molecular complexity index is 166. The average Bonchev–Trinajstić information content (AvgIpc) is 2.55. The van der Waals surface area contributed by atoms with E-state index in [0.717, 1.165) is 6.54 Å². The van der Waals surface area contributed by atoms with Crippen LogP contribution in [0.1, 0.15) is 52.4 Å². The van der Waals surface area contributed by atoms with Crippen LogP contribution in [0.5, 0.6) is 0 Å². The molecule has 13 heavy (non-hydrogen) atoms. The molecule has 0 unspecified atom stereocenters. The highest BCUT2D eigenvalue weighted by Crippen LogP contribution is 2.46. The van der Waals surface area contributed by atoms with Gasteiger partial charge in [0, 0.05) is 17.7 Å². The molecule has 1 heteroatoms. The normalized spacial score (nSPS) is 20.2. The predicted octanol–water partition coefficient (Wildman–Crippen LogP) is 3.47. The van der Waals surface area contributed by atoms with Crippen LogP contribution < -0.4 is 5.32 Å². The molecule has 1 N–H and O–H groups in total. The highest BCUT2D eigenvalue weighted by atomic mass is 14.9. The summed E-state index contributed by atoms with van der Waals surface area (Å²) in [6.07, 6.45) is 8.09. The summed E-state index contributed by atoms with van der Waals surface area (Å²) in [6.45, 7) is 9.65. The number of hydrogen-bond acceptors (Lipinski definition) is 1. The zero-order valence-corrected chi connectivity index (χ0v) is 9.16. The summed E-state index contributed by atoms with van der Waals surface area (Å²) in [7, 11) is 0. The molecule has 0 aromatic heterocycles. The Morgan fingerprint density at radius 1 is 1.31 bits per heavy atom. The van der Waals surface area contributed by atoms with Gasteiger partial charge in [0.1, 0.15) is 0 Å². The molecule has 0 atom stereocenters. The molecule has 0 aliphatic heterocycles. The Morgan fingerprint density at radius 3 is 2.38 bits per heavy atom. The molecule has 0 amide bonds. The summed E-state index contributed by atoms with van der Waals surface area (Å²) in [4.78, 5) is 0. The molecule has 1 fully saturated rings. The van der Waals surface area contributed by atoms with Crippen molar-refractivity contribution >= 4 is 0 Å². The first-order valence-electron chi connectivity index (χ1n) is 5.68. The maximum absolute atomic E-state index is 4.21. The molecule has 1 aliphatic carbocycles. The van der Waals surface area contributed by atoms with Crippen molar-refractivity contribution in [2.45, 2.75) is 52.4 Å². The molecule has 1 rings (SSSR count). The third-order valence-corrected chi connectivity index (χ3v) is 3.32. The second kappa shape index (κ2) is 4.69. The topological polar surface area (TPSA) is 12.0 Å². The molecule has 1 aliphatic rings. The number of rotatable bonds is 5. The Hall–Kier alpha value is -0.460. The van der Waals surface area contributed by atoms with Crippen molar-refractivity contribution in [1.29, 1.82) is 0 Å². The first-order chi connectivity index (χ1) is 6.25. The van der Waals surface area contributed by atoms with Gasteiger partial charge in [0.2, 0.25) is 0 Å². The van der Waals surface area contributed by atoms with Crippen LogP contribution in [0, 0.1) is 5.41 Å². The number of hydrogen-bond donors (Lipinski definition) is 1. The van der Waals surface area contributed by atoms with Crippen molar-refractivity contribution < 1.29 is 0 Å². The summed E-state index contributed by atoms with van der Waals surface area (Å²) in [6, 6.07) is 0. The number of nitrogens with one attached hydrogen (secondary N) is 1. The minimum Gasteiger partial charge on any atom is -0.389 e. The van der Waals surface area contributed by atoms with E-state index in [1.807, 2.05) is 0 Å². The maximum Gasteiger partial charge on any atom is 0.0115 e. The van der Waals surface area contributed by atoms with Crippen LogP contribution in [0.25, 0.3) is 0 Å². The quantitative estimate of drug-likeness (QED) is 0.685. The van der Waals surface area contributed by atoms with Gasteiger partial charge < -0.3 is 5.32 Å². The van der Waals surface area contributed by atoms with Crippen LogP contribution in [0.4, 0.5) is 0 Å². The SMILES string of the molecule is C=C(NCC)C1(CCC)CCCC1. The zero-order valence-electron chi connectivity index (χ0n) is 9.16.